The summed E-state index contributed by atoms with van der Waals surface area (Å²) in [5, 5.41) is 49.2. The Morgan fingerprint density at radius 1 is 1.02 bits per heavy atom. The molecule has 1 heterocycles. The Labute approximate surface area is 267 Å². The second-order valence-corrected chi connectivity index (χ2v) is 20.0. The molecule has 2 bridgehead atoms. The second-order valence-electron chi connectivity index (χ2n) is 15.2. The molecule has 0 aliphatic heterocycles. The van der Waals surface area contributed by atoms with Crippen LogP contribution in [0.3, 0.4) is 0 Å². The summed E-state index contributed by atoms with van der Waals surface area (Å²) in [6.07, 6.45) is 0.837. The quantitative estimate of drug-likeness (QED) is 0.201. The number of aliphatic hydroxyl groups is 4. The van der Waals surface area contributed by atoms with Crippen molar-refractivity contribution in [3.8, 4) is 0 Å². The molecule has 10 nitrogen and oxygen atoms in total. The summed E-state index contributed by atoms with van der Waals surface area (Å²) < 4.78 is 23.1. The number of aliphatic hydroxyl groups excluding tert-OH is 2. The monoisotopic (exact) mass is 650 g/mol. The van der Waals surface area contributed by atoms with E-state index in [1.54, 1.807) is 19.5 Å². The fraction of sp³-hybridized carbons (Fsp3) is 0.824. The van der Waals surface area contributed by atoms with Crippen molar-refractivity contribution in [3.63, 3.8) is 0 Å². The van der Waals surface area contributed by atoms with Gasteiger partial charge < -0.3 is 38.7 Å². The Hall–Kier alpha value is -1.76. The van der Waals surface area contributed by atoms with Crippen LogP contribution in [0.25, 0.3) is 0 Å². The van der Waals surface area contributed by atoms with Crippen molar-refractivity contribution < 1.29 is 48.3 Å². The molecule has 4 N–H and O–H groups in total. The minimum Gasteiger partial charge on any atom is -0.472 e. The minimum atomic E-state index is -2.28. The molecular formula is C34H54O10Si. The van der Waals surface area contributed by atoms with Gasteiger partial charge in [0.1, 0.15) is 11.2 Å². The predicted octanol–water partition coefficient (Wildman–Crippen LogP) is 4.36. The van der Waals surface area contributed by atoms with E-state index in [9.17, 15) is 30.0 Å². The van der Waals surface area contributed by atoms with E-state index in [4.69, 9.17) is 18.3 Å². The van der Waals surface area contributed by atoms with E-state index in [1.165, 1.54) is 14.2 Å². The molecule has 0 spiro atoms. The Morgan fingerprint density at radius 3 is 2.16 bits per heavy atom. The van der Waals surface area contributed by atoms with Crippen molar-refractivity contribution in [2.75, 3.05) is 14.2 Å². The van der Waals surface area contributed by atoms with E-state index >= 15 is 0 Å². The van der Waals surface area contributed by atoms with Gasteiger partial charge in [-0.2, -0.15) is 0 Å². The van der Waals surface area contributed by atoms with Crippen LogP contribution in [0.1, 0.15) is 85.3 Å². The first-order chi connectivity index (χ1) is 21.0. The van der Waals surface area contributed by atoms with Crippen LogP contribution in [-0.4, -0.2) is 78.3 Å². The lowest BCUT2D eigenvalue weighted by atomic mass is 9.37. The number of fused-ring (bicyclic) bond motifs is 3. The fourth-order valence-corrected chi connectivity index (χ4v) is 14.2. The van der Waals surface area contributed by atoms with Gasteiger partial charge in [0.25, 0.3) is 0 Å². The molecule has 4 fully saturated rings. The van der Waals surface area contributed by atoms with Gasteiger partial charge in [-0.3, -0.25) is 9.59 Å². The number of rotatable bonds is 11. The lowest BCUT2D eigenvalue weighted by molar-refractivity contribution is -0.357. The van der Waals surface area contributed by atoms with Crippen LogP contribution in [0.2, 0.25) is 18.1 Å². The van der Waals surface area contributed by atoms with Crippen molar-refractivity contribution in [1.29, 1.82) is 0 Å². The molecule has 0 amide bonds. The summed E-state index contributed by atoms with van der Waals surface area (Å²) in [6, 6.07) is 4.62. The molecule has 5 unspecified atom stereocenters. The molecule has 45 heavy (non-hydrogen) atoms. The zero-order chi connectivity index (χ0) is 33.4. The minimum absolute atomic E-state index is 0.0351. The van der Waals surface area contributed by atoms with Gasteiger partial charge in [0, 0.05) is 34.7 Å². The molecule has 0 aromatic carbocycles. The average Bonchev–Trinajstić information content (AvgIpc) is 3.67. The average molecular weight is 651 g/mol. The highest BCUT2D eigenvalue weighted by Crippen LogP contribution is 2.80. The second kappa shape index (κ2) is 11.4. The van der Waals surface area contributed by atoms with Crippen LogP contribution < -0.4 is 0 Å². The molecule has 1 aromatic heterocycles. The number of hydrogen-bond acceptors (Lipinski definition) is 10. The molecule has 12 atom stereocenters. The summed E-state index contributed by atoms with van der Waals surface area (Å²) in [7, 11) is 0.421. The first-order valence-electron chi connectivity index (χ1n) is 16.7. The van der Waals surface area contributed by atoms with Crippen LogP contribution in [0.5, 0.6) is 0 Å². The highest BCUT2D eigenvalue weighted by molar-refractivity contribution is 6.73. The standard InChI is InChI=1S/C34H54O10Si/c1-9-45(10-2,11-3)44-28(20-13-15-43-18-20)30(4)14-12-21-26(22(30)16-24(35)41-7)27(37)34(40)29(38)31(5)19-33(34,39)32(21,6)23(31)17-25(36)42-8/h13,15,18,21-23,26-29,37-40H,9-12,14,16-17,19H2,1-8H3/t21?,22?,23-,26?,27-,28-,29?,30+,31+,32?,33-,34+/m0/s1. The SMILES string of the molecule is CC[Si](CC)(CC)O[C@@H](c1ccoc1)[C@]1(C)CCC2C(C1CC(=O)OC)[C@H](O)[C@@]1(O)C(O)[C@]3(C)C[C@]1(O)C2(C)[C@H]3CC(=O)OC. The van der Waals surface area contributed by atoms with E-state index in [1.807, 2.05) is 13.0 Å². The first-order valence-corrected chi connectivity index (χ1v) is 19.2. The Balaban J connectivity index is 1.70. The maximum atomic E-state index is 13.2. The van der Waals surface area contributed by atoms with Gasteiger partial charge in [0.2, 0.25) is 0 Å². The third-order valence-corrected chi connectivity index (χ3v) is 18.7. The summed E-state index contributed by atoms with van der Waals surface area (Å²) in [6.45, 7) is 12.3. The first kappa shape index (κ1) is 34.6. The van der Waals surface area contributed by atoms with Gasteiger partial charge in [-0.1, -0.05) is 41.5 Å². The number of carbonyl (C=O) groups is 2. The van der Waals surface area contributed by atoms with Gasteiger partial charge in [-0.05, 0) is 67.1 Å². The summed E-state index contributed by atoms with van der Waals surface area (Å²) in [5.74, 6) is -3.14. The molecular weight excluding hydrogens is 596 g/mol. The van der Waals surface area contributed by atoms with Crippen LogP contribution in [-0.2, 0) is 23.5 Å². The van der Waals surface area contributed by atoms with Crippen molar-refractivity contribution in [2.45, 2.75) is 121 Å². The smallest absolute Gasteiger partial charge is 0.305 e. The van der Waals surface area contributed by atoms with E-state index in [-0.39, 0.29) is 25.2 Å². The summed E-state index contributed by atoms with van der Waals surface area (Å²) >= 11 is 0. The number of esters is 2. The largest absolute Gasteiger partial charge is 0.472 e. The van der Waals surface area contributed by atoms with Crippen LogP contribution >= 0.6 is 0 Å². The van der Waals surface area contributed by atoms with Crippen molar-refractivity contribution in [3.05, 3.63) is 24.2 Å². The van der Waals surface area contributed by atoms with Gasteiger partial charge in [-0.25, -0.2) is 0 Å². The Bertz CT molecular complexity index is 1260. The zero-order valence-corrected chi connectivity index (χ0v) is 29.2. The fourth-order valence-electron chi connectivity index (χ4n) is 11.3. The van der Waals surface area contributed by atoms with Crippen LogP contribution in [0.4, 0.5) is 0 Å². The third-order valence-electron chi connectivity index (χ3n) is 14.1. The predicted molar refractivity (Wildman–Crippen MR) is 167 cm³/mol. The van der Waals surface area contributed by atoms with Gasteiger partial charge in [0.15, 0.2) is 8.32 Å². The summed E-state index contributed by atoms with van der Waals surface area (Å²) in [4.78, 5) is 26.1. The van der Waals surface area contributed by atoms with E-state index in [0.29, 0.717) is 12.8 Å². The van der Waals surface area contributed by atoms with Crippen molar-refractivity contribution >= 4 is 20.3 Å². The molecule has 4 aliphatic carbocycles. The number of hydrogen-bond donors (Lipinski definition) is 4. The lowest BCUT2D eigenvalue weighted by Crippen LogP contribution is -2.81. The molecule has 0 radical (unpaired) electrons. The van der Waals surface area contributed by atoms with Crippen LogP contribution in [0, 0.1) is 39.9 Å². The lowest BCUT2D eigenvalue weighted by Gasteiger charge is -2.70. The zero-order valence-electron chi connectivity index (χ0n) is 28.2. The Morgan fingerprint density at radius 2 is 1.62 bits per heavy atom. The molecule has 4 saturated carbocycles. The van der Waals surface area contributed by atoms with E-state index in [0.717, 1.165) is 23.7 Å². The number of carbonyl (C=O) groups excluding carboxylic acids is 2. The van der Waals surface area contributed by atoms with E-state index in [2.05, 4.69) is 27.7 Å². The van der Waals surface area contributed by atoms with Gasteiger partial charge in [-0.15, -0.1) is 0 Å². The maximum absolute atomic E-state index is 13.2. The number of ether oxygens (including phenoxy) is 2. The number of methoxy groups -OCH3 is 2. The molecule has 4 aliphatic rings. The van der Waals surface area contributed by atoms with Crippen LogP contribution in [0.15, 0.2) is 23.0 Å². The molecule has 0 saturated heterocycles. The number of furan rings is 1. The molecule has 254 valence electrons. The highest BCUT2D eigenvalue weighted by Gasteiger charge is 2.89. The van der Waals surface area contributed by atoms with E-state index < -0.39 is 83.8 Å². The topological polar surface area (TPSA) is 156 Å². The van der Waals surface area contributed by atoms with Crippen molar-refractivity contribution in [1.82, 2.24) is 0 Å². The normalized spacial score (nSPS) is 44.4. The van der Waals surface area contributed by atoms with Gasteiger partial charge in [0.05, 0.1) is 45.1 Å². The third kappa shape index (κ3) is 4.36. The van der Waals surface area contributed by atoms with Gasteiger partial charge >= 0.3 is 11.9 Å². The Kier molecular flexibility index (Phi) is 8.79. The molecule has 5 rings (SSSR count). The maximum Gasteiger partial charge on any atom is 0.305 e. The van der Waals surface area contributed by atoms with Crippen molar-refractivity contribution in [2.24, 2.45) is 39.9 Å². The highest BCUT2D eigenvalue weighted by atomic mass is 28.4. The summed E-state index contributed by atoms with van der Waals surface area (Å²) in [5.41, 5.74) is -6.15. The molecule has 11 heteroatoms. The molecule has 1 aromatic rings.